The fourth-order valence-corrected chi connectivity index (χ4v) is 1.15. The second kappa shape index (κ2) is 6.43. The Balaban J connectivity index is 4.07. The van der Waals surface area contributed by atoms with E-state index in [9.17, 15) is 9.59 Å². The number of amides is 1. The van der Waals surface area contributed by atoms with Gasteiger partial charge in [0.2, 0.25) is 0 Å². The van der Waals surface area contributed by atoms with E-state index >= 15 is 0 Å². The van der Waals surface area contributed by atoms with Crippen LogP contribution in [0.2, 0.25) is 0 Å². The van der Waals surface area contributed by atoms with Crippen molar-refractivity contribution in [1.82, 2.24) is 5.32 Å². The third-order valence-corrected chi connectivity index (χ3v) is 1.93. The molecule has 4 nitrogen and oxygen atoms in total. The van der Waals surface area contributed by atoms with Gasteiger partial charge in [-0.15, -0.1) is 0 Å². The standard InChI is InChI=1S/C11H21NO3/c1-7(2)6-15-11(14)12-10(8(3)4)9(5)13/h7-8,10H,6H2,1-5H3,(H,12,14). The summed E-state index contributed by atoms with van der Waals surface area (Å²) in [6, 6.07) is -0.454. The molecular weight excluding hydrogens is 194 g/mol. The summed E-state index contributed by atoms with van der Waals surface area (Å²) in [5.41, 5.74) is 0. The first-order chi connectivity index (χ1) is 6.84. The van der Waals surface area contributed by atoms with Gasteiger partial charge in [-0.25, -0.2) is 4.79 Å². The molecule has 0 radical (unpaired) electrons. The molecule has 4 heteroatoms. The Kier molecular flexibility index (Phi) is 5.97. The quantitative estimate of drug-likeness (QED) is 0.763. The van der Waals surface area contributed by atoms with Crippen LogP contribution in [0.4, 0.5) is 4.79 Å². The van der Waals surface area contributed by atoms with Gasteiger partial charge in [-0.3, -0.25) is 4.79 Å². The molecule has 1 unspecified atom stereocenters. The summed E-state index contributed by atoms with van der Waals surface area (Å²) in [6.45, 7) is 9.52. The number of rotatable bonds is 5. The van der Waals surface area contributed by atoms with Gasteiger partial charge in [0.25, 0.3) is 0 Å². The summed E-state index contributed by atoms with van der Waals surface area (Å²) in [7, 11) is 0. The van der Waals surface area contributed by atoms with Crippen LogP contribution in [0.15, 0.2) is 0 Å². The minimum atomic E-state index is -0.516. The fraction of sp³-hybridized carbons (Fsp3) is 0.818. The number of hydrogen-bond donors (Lipinski definition) is 1. The molecule has 88 valence electrons. The maximum Gasteiger partial charge on any atom is 0.407 e. The van der Waals surface area contributed by atoms with Gasteiger partial charge < -0.3 is 10.1 Å². The molecule has 0 fully saturated rings. The van der Waals surface area contributed by atoms with E-state index in [1.165, 1.54) is 6.92 Å². The Morgan fingerprint density at radius 2 is 1.73 bits per heavy atom. The molecule has 1 amide bonds. The zero-order valence-electron chi connectivity index (χ0n) is 10.2. The number of nitrogens with one attached hydrogen (secondary N) is 1. The smallest absolute Gasteiger partial charge is 0.407 e. The van der Waals surface area contributed by atoms with Crippen LogP contribution in [0.5, 0.6) is 0 Å². The maximum absolute atomic E-state index is 11.3. The van der Waals surface area contributed by atoms with E-state index in [2.05, 4.69) is 5.32 Å². The summed E-state index contributed by atoms with van der Waals surface area (Å²) in [5, 5.41) is 2.56. The number of ether oxygens (including phenoxy) is 1. The molecule has 0 rings (SSSR count). The van der Waals surface area contributed by atoms with Crippen molar-refractivity contribution in [1.29, 1.82) is 0 Å². The fourth-order valence-electron chi connectivity index (χ4n) is 1.15. The van der Waals surface area contributed by atoms with E-state index in [1.807, 2.05) is 27.7 Å². The second-order valence-corrected chi connectivity index (χ2v) is 4.47. The Hall–Kier alpha value is -1.06. The van der Waals surface area contributed by atoms with Gasteiger partial charge in [-0.1, -0.05) is 27.7 Å². The van der Waals surface area contributed by atoms with Crippen LogP contribution in [0, 0.1) is 11.8 Å². The van der Waals surface area contributed by atoms with Crippen molar-refractivity contribution in [2.45, 2.75) is 40.7 Å². The van der Waals surface area contributed by atoms with Gasteiger partial charge in [0, 0.05) is 0 Å². The van der Waals surface area contributed by atoms with Crippen molar-refractivity contribution in [3.63, 3.8) is 0 Å². The highest BCUT2D eigenvalue weighted by Crippen LogP contribution is 2.03. The molecule has 0 heterocycles. The van der Waals surface area contributed by atoms with Gasteiger partial charge in [-0.2, -0.15) is 0 Å². The Labute approximate surface area is 91.4 Å². The molecule has 0 aromatic heterocycles. The van der Waals surface area contributed by atoms with Gasteiger partial charge in [0.1, 0.15) is 0 Å². The minimum Gasteiger partial charge on any atom is -0.449 e. The SMILES string of the molecule is CC(=O)C(NC(=O)OCC(C)C)C(C)C. The highest BCUT2D eigenvalue weighted by atomic mass is 16.5. The van der Waals surface area contributed by atoms with Gasteiger partial charge in [-0.05, 0) is 18.8 Å². The van der Waals surface area contributed by atoms with Crippen LogP contribution in [-0.4, -0.2) is 24.5 Å². The van der Waals surface area contributed by atoms with Crippen molar-refractivity contribution >= 4 is 11.9 Å². The molecule has 0 aliphatic rings. The molecule has 0 aliphatic carbocycles. The van der Waals surface area contributed by atoms with E-state index in [4.69, 9.17) is 4.74 Å². The first kappa shape index (κ1) is 13.9. The largest absolute Gasteiger partial charge is 0.449 e. The number of carbonyl (C=O) groups is 2. The highest BCUT2D eigenvalue weighted by Gasteiger charge is 2.21. The molecule has 0 bridgehead atoms. The first-order valence-electron chi connectivity index (χ1n) is 5.28. The number of carbonyl (C=O) groups excluding carboxylic acids is 2. The van der Waals surface area contributed by atoms with Crippen molar-refractivity contribution in [2.75, 3.05) is 6.61 Å². The summed E-state index contributed by atoms with van der Waals surface area (Å²) >= 11 is 0. The second-order valence-electron chi connectivity index (χ2n) is 4.47. The zero-order valence-corrected chi connectivity index (χ0v) is 10.2. The van der Waals surface area contributed by atoms with Crippen molar-refractivity contribution < 1.29 is 14.3 Å². The van der Waals surface area contributed by atoms with Gasteiger partial charge in [0.05, 0.1) is 12.6 Å². The van der Waals surface area contributed by atoms with Gasteiger partial charge in [0.15, 0.2) is 5.78 Å². The minimum absolute atomic E-state index is 0.0495. The maximum atomic E-state index is 11.3. The topological polar surface area (TPSA) is 55.4 Å². The van der Waals surface area contributed by atoms with Crippen LogP contribution >= 0.6 is 0 Å². The lowest BCUT2D eigenvalue weighted by atomic mass is 10.0. The first-order valence-corrected chi connectivity index (χ1v) is 5.28. The molecule has 1 atom stereocenters. The van der Waals surface area contributed by atoms with Crippen molar-refractivity contribution in [3.8, 4) is 0 Å². The average molecular weight is 215 g/mol. The van der Waals surface area contributed by atoms with Crippen molar-refractivity contribution in [3.05, 3.63) is 0 Å². The van der Waals surface area contributed by atoms with Gasteiger partial charge >= 0.3 is 6.09 Å². The number of alkyl carbamates (subject to hydrolysis) is 1. The van der Waals surface area contributed by atoms with E-state index in [0.717, 1.165) is 0 Å². The molecule has 0 aromatic rings. The molecule has 0 aromatic carbocycles. The lowest BCUT2D eigenvalue weighted by Gasteiger charge is -2.19. The average Bonchev–Trinajstić information content (AvgIpc) is 2.09. The van der Waals surface area contributed by atoms with E-state index < -0.39 is 12.1 Å². The third kappa shape index (κ3) is 6.10. The Morgan fingerprint density at radius 3 is 2.07 bits per heavy atom. The van der Waals surface area contributed by atoms with E-state index in [0.29, 0.717) is 12.5 Å². The Morgan fingerprint density at radius 1 is 1.20 bits per heavy atom. The van der Waals surface area contributed by atoms with Crippen LogP contribution < -0.4 is 5.32 Å². The lowest BCUT2D eigenvalue weighted by Crippen LogP contribution is -2.43. The van der Waals surface area contributed by atoms with E-state index in [1.54, 1.807) is 0 Å². The molecule has 15 heavy (non-hydrogen) atoms. The van der Waals surface area contributed by atoms with Crippen molar-refractivity contribution in [2.24, 2.45) is 11.8 Å². The third-order valence-electron chi connectivity index (χ3n) is 1.93. The van der Waals surface area contributed by atoms with Crippen LogP contribution in [0.1, 0.15) is 34.6 Å². The Bertz CT molecular complexity index is 224. The van der Waals surface area contributed by atoms with Crippen LogP contribution in [0.3, 0.4) is 0 Å². The van der Waals surface area contributed by atoms with Crippen LogP contribution in [0.25, 0.3) is 0 Å². The molecule has 0 spiro atoms. The molecule has 0 saturated heterocycles. The highest BCUT2D eigenvalue weighted by molar-refractivity contribution is 5.85. The molecule has 0 saturated carbocycles. The van der Waals surface area contributed by atoms with Crippen LogP contribution in [-0.2, 0) is 9.53 Å². The molecule has 1 N–H and O–H groups in total. The summed E-state index contributed by atoms with van der Waals surface area (Å²) < 4.78 is 4.93. The zero-order chi connectivity index (χ0) is 12.0. The monoisotopic (exact) mass is 215 g/mol. The number of hydrogen-bond acceptors (Lipinski definition) is 3. The molecular formula is C11H21NO3. The molecule has 0 aliphatic heterocycles. The predicted octanol–water partition coefficient (Wildman–Crippen LogP) is 1.98. The predicted molar refractivity (Wildman–Crippen MR) is 58.6 cm³/mol. The summed E-state index contributed by atoms with van der Waals surface area (Å²) in [4.78, 5) is 22.5. The number of Topliss-reactive ketones (excluding diaryl/α,β-unsaturated/α-hetero) is 1. The van der Waals surface area contributed by atoms with E-state index in [-0.39, 0.29) is 11.7 Å². The summed E-state index contributed by atoms with van der Waals surface area (Å²) in [6.07, 6.45) is -0.516. The summed E-state index contributed by atoms with van der Waals surface area (Å²) in [5.74, 6) is 0.325. The normalized spacial score (nSPS) is 12.7. The number of ketones is 1. The lowest BCUT2D eigenvalue weighted by molar-refractivity contribution is -0.119.